The Morgan fingerprint density at radius 1 is 1.22 bits per heavy atom. The molecular formula is C14H19N3O. The third kappa shape index (κ3) is 1.64. The van der Waals surface area contributed by atoms with E-state index < -0.39 is 0 Å². The van der Waals surface area contributed by atoms with Crippen LogP contribution in [-0.4, -0.2) is 23.9 Å². The van der Waals surface area contributed by atoms with Crippen molar-refractivity contribution in [3.63, 3.8) is 0 Å². The second-order valence-corrected chi connectivity index (χ2v) is 5.67. The van der Waals surface area contributed by atoms with Crippen LogP contribution in [0.2, 0.25) is 0 Å². The Balaban J connectivity index is 1.77. The van der Waals surface area contributed by atoms with E-state index >= 15 is 0 Å². The molecule has 2 aliphatic heterocycles. The van der Waals surface area contributed by atoms with Crippen LogP contribution in [0, 0.1) is 17.8 Å². The van der Waals surface area contributed by atoms with Gasteiger partial charge in [0.25, 0.3) is 5.91 Å². The molecule has 18 heavy (non-hydrogen) atoms. The van der Waals surface area contributed by atoms with Crippen LogP contribution in [0.15, 0.2) is 18.2 Å². The molecule has 1 amide bonds. The fourth-order valence-electron chi connectivity index (χ4n) is 3.19. The van der Waals surface area contributed by atoms with Gasteiger partial charge in [0, 0.05) is 18.7 Å². The van der Waals surface area contributed by atoms with E-state index in [0.717, 1.165) is 19.0 Å². The fourth-order valence-corrected chi connectivity index (χ4v) is 3.19. The average Bonchev–Trinajstić information content (AvgIpc) is 2.40. The number of rotatable bonds is 1. The third-order valence-corrected chi connectivity index (χ3v) is 4.62. The number of anilines is 2. The van der Waals surface area contributed by atoms with Gasteiger partial charge in [-0.2, -0.15) is 0 Å². The minimum absolute atomic E-state index is 0.0864. The summed E-state index contributed by atoms with van der Waals surface area (Å²) in [6, 6.07) is 5.15. The highest BCUT2D eigenvalue weighted by molar-refractivity contribution is 5.96. The van der Waals surface area contributed by atoms with Crippen LogP contribution >= 0.6 is 0 Å². The summed E-state index contributed by atoms with van der Waals surface area (Å²) in [5, 5.41) is 0. The normalized spacial score (nSPS) is 29.8. The Bertz CT molecular complexity index is 488. The van der Waals surface area contributed by atoms with E-state index in [0.29, 0.717) is 28.8 Å². The summed E-state index contributed by atoms with van der Waals surface area (Å²) in [5.41, 5.74) is 13.1. The number of nitrogens with zero attached hydrogens (tertiary/aromatic N) is 1. The Kier molecular flexibility index (Phi) is 2.47. The second kappa shape index (κ2) is 3.90. The van der Waals surface area contributed by atoms with E-state index in [9.17, 15) is 4.79 Å². The Hall–Kier alpha value is -1.71. The van der Waals surface area contributed by atoms with Gasteiger partial charge in [-0.3, -0.25) is 4.79 Å². The molecule has 3 atom stereocenters. The number of carbonyl (C=O) groups excluding carboxylic acids is 1. The van der Waals surface area contributed by atoms with Gasteiger partial charge >= 0.3 is 0 Å². The molecule has 2 bridgehead atoms. The van der Waals surface area contributed by atoms with Crippen LogP contribution in [0.4, 0.5) is 11.4 Å². The molecule has 2 heterocycles. The maximum atomic E-state index is 12.4. The quantitative estimate of drug-likeness (QED) is 0.738. The van der Waals surface area contributed by atoms with Gasteiger partial charge in [-0.15, -0.1) is 0 Å². The number of nitrogens with two attached hydrogens (primary N) is 2. The molecule has 1 aromatic rings. The molecule has 4 N–H and O–H groups in total. The molecule has 4 rings (SSSR count). The molecule has 0 aromatic heterocycles. The maximum absolute atomic E-state index is 12.4. The van der Waals surface area contributed by atoms with Crippen LogP contribution in [-0.2, 0) is 0 Å². The lowest BCUT2D eigenvalue weighted by atomic mass is 9.62. The molecule has 1 aliphatic carbocycles. The van der Waals surface area contributed by atoms with Crippen LogP contribution in [0.25, 0.3) is 0 Å². The van der Waals surface area contributed by atoms with Gasteiger partial charge < -0.3 is 16.4 Å². The molecule has 0 radical (unpaired) electrons. The van der Waals surface area contributed by atoms with Gasteiger partial charge in [-0.25, -0.2) is 0 Å². The first-order valence-corrected chi connectivity index (χ1v) is 6.50. The lowest BCUT2D eigenvalue weighted by molar-refractivity contribution is -0.0234. The monoisotopic (exact) mass is 245 g/mol. The van der Waals surface area contributed by atoms with E-state index in [4.69, 9.17) is 11.5 Å². The number of hydrogen-bond donors (Lipinski definition) is 2. The van der Waals surface area contributed by atoms with Gasteiger partial charge in [0.2, 0.25) is 0 Å². The summed E-state index contributed by atoms with van der Waals surface area (Å²) < 4.78 is 0. The molecule has 4 heteroatoms. The highest BCUT2D eigenvalue weighted by Gasteiger charge is 2.45. The lowest BCUT2D eigenvalue weighted by Gasteiger charge is -2.52. The number of fused-ring (bicyclic) bond motifs is 2. The highest BCUT2D eigenvalue weighted by Crippen LogP contribution is 2.45. The number of nitrogen functional groups attached to an aromatic ring is 2. The highest BCUT2D eigenvalue weighted by atomic mass is 16.2. The molecule has 2 saturated heterocycles. The van der Waals surface area contributed by atoms with Crippen molar-refractivity contribution in [1.29, 1.82) is 0 Å². The fraction of sp³-hybridized carbons (Fsp3) is 0.500. The van der Waals surface area contributed by atoms with Crippen LogP contribution in [0.1, 0.15) is 23.7 Å². The van der Waals surface area contributed by atoms with Crippen LogP contribution in [0.5, 0.6) is 0 Å². The van der Waals surface area contributed by atoms with Crippen LogP contribution in [0.3, 0.4) is 0 Å². The predicted molar refractivity (Wildman–Crippen MR) is 71.9 cm³/mol. The molecule has 96 valence electrons. The number of benzene rings is 1. The van der Waals surface area contributed by atoms with Crippen molar-refractivity contribution in [1.82, 2.24) is 4.90 Å². The lowest BCUT2D eigenvalue weighted by Crippen LogP contribution is -2.55. The average molecular weight is 245 g/mol. The van der Waals surface area contributed by atoms with E-state index in [1.54, 1.807) is 18.2 Å². The van der Waals surface area contributed by atoms with Crippen molar-refractivity contribution in [2.24, 2.45) is 17.8 Å². The van der Waals surface area contributed by atoms with E-state index in [1.165, 1.54) is 6.42 Å². The van der Waals surface area contributed by atoms with E-state index in [1.807, 2.05) is 4.90 Å². The topological polar surface area (TPSA) is 72.3 Å². The summed E-state index contributed by atoms with van der Waals surface area (Å²) in [6.45, 7) is 4.07. The Morgan fingerprint density at radius 2 is 1.89 bits per heavy atom. The van der Waals surface area contributed by atoms with Gasteiger partial charge in [0.05, 0.1) is 11.4 Å². The summed E-state index contributed by atoms with van der Waals surface area (Å²) in [7, 11) is 0. The molecule has 4 nitrogen and oxygen atoms in total. The van der Waals surface area contributed by atoms with Crippen molar-refractivity contribution in [2.75, 3.05) is 24.6 Å². The SMILES string of the molecule is CC1[C@@H]2C[C@H]1CN(C(=O)c1ccc(N)c(N)c1)C2. The molecule has 1 unspecified atom stereocenters. The first-order valence-electron chi connectivity index (χ1n) is 6.50. The standard InChI is InChI=1S/C14H19N3O/c1-8-10-4-11(8)7-17(6-10)14(18)9-2-3-12(15)13(16)5-9/h2-3,5,8,10-11H,4,6-7,15-16H2,1H3/t8?,10-,11+. The van der Waals surface area contributed by atoms with E-state index in [2.05, 4.69) is 6.92 Å². The number of carbonyl (C=O) groups is 1. The summed E-state index contributed by atoms with van der Waals surface area (Å²) in [6.07, 6.45) is 1.29. The van der Waals surface area contributed by atoms with Crippen molar-refractivity contribution < 1.29 is 4.79 Å². The number of amides is 1. The molecule has 1 aromatic carbocycles. The van der Waals surface area contributed by atoms with Crippen molar-refractivity contribution in [3.05, 3.63) is 23.8 Å². The predicted octanol–water partition coefficient (Wildman–Crippen LogP) is 1.58. The third-order valence-electron chi connectivity index (χ3n) is 4.62. The van der Waals surface area contributed by atoms with Crippen LogP contribution < -0.4 is 11.5 Å². The summed E-state index contributed by atoms with van der Waals surface area (Å²) in [4.78, 5) is 14.3. The largest absolute Gasteiger partial charge is 0.397 e. The Morgan fingerprint density at radius 3 is 2.44 bits per heavy atom. The number of piperidine rings is 2. The van der Waals surface area contributed by atoms with Gasteiger partial charge in [0.1, 0.15) is 0 Å². The maximum Gasteiger partial charge on any atom is 0.253 e. The minimum atomic E-state index is 0.0864. The van der Waals surface area contributed by atoms with Gasteiger partial charge in [-0.1, -0.05) is 6.92 Å². The van der Waals surface area contributed by atoms with Gasteiger partial charge in [-0.05, 0) is 42.4 Å². The summed E-state index contributed by atoms with van der Waals surface area (Å²) >= 11 is 0. The minimum Gasteiger partial charge on any atom is -0.397 e. The number of hydrogen-bond acceptors (Lipinski definition) is 3. The Labute approximate surface area is 107 Å². The zero-order valence-corrected chi connectivity index (χ0v) is 10.6. The van der Waals surface area contributed by atoms with Crippen molar-refractivity contribution in [3.8, 4) is 0 Å². The first-order chi connectivity index (χ1) is 8.56. The summed E-state index contributed by atoms with van der Waals surface area (Å²) in [5.74, 6) is 2.26. The zero-order valence-electron chi connectivity index (χ0n) is 10.6. The van der Waals surface area contributed by atoms with Crippen molar-refractivity contribution in [2.45, 2.75) is 13.3 Å². The molecule has 3 aliphatic rings. The second-order valence-electron chi connectivity index (χ2n) is 5.67. The first kappa shape index (κ1) is 11.4. The zero-order chi connectivity index (χ0) is 12.9. The smallest absolute Gasteiger partial charge is 0.253 e. The molecule has 0 spiro atoms. The van der Waals surface area contributed by atoms with E-state index in [-0.39, 0.29) is 5.91 Å². The van der Waals surface area contributed by atoms with Crippen molar-refractivity contribution >= 4 is 17.3 Å². The van der Waals surface area contributed by atoms with Gasteiger partial charge in [0.15, 0.2) is 0 Å². The molecule has 1 saturated carbocycles. The molecule has 3 fully saturated rings. The molecular weight excluding hydrogens is 226 g/mol.